The van der Waals surface area contributed by atoms with Gasteiger partial charge in [0.05, 0.1) is 0 Å². The first-order valence-corrected chi connectivity index (χ1v) is 17.9. The molecule has 0 bridgehead atoms. The minimum Gasteiger partial charge on any atom is -0.290 e. The second-order valence-electron chi connectivity index (χ2n) is 14.5. The fourth-order valence-electron chi connectivity index (χ4n) is 7.59. The molecule has 0 saturated carbocycles. The van der Waals surface area contributed by atoms with Gasteiger partial charge in [-0.05, 0) is 169 Å². The zero-order valence-corrected chi connectivity index (χ0v) is 31.5. The highest BCUT2D eigenvalue weighted by Gasteiger charge is 2.29. The molecule has 0 N–H and O–H groups in total. The van der Waals surface area contributed by atoms with E-state index in [4.69, 9.17) is 0 Å². The van der Waals surface area contributed by atoms with Gasteiger partial charge in [0.2, 0.25) is 0 Å². The molecule has 7 rings (SSSR count). The quantitative estimate of drug-likeness (QED) is 0.248. The van der Waals surface area contributed by atoms with Crippen molar-refractivity contribution in [1.82, 2.24) is 0 Å². The number of ketones is 8. The molecule has 3 aromatic carbocycles. The Morgan fingerprint density at radius 1 is 0.250 bits per heavy atom. The summed E-state index contributed by atoms with van der Waals surface area (Å²) in [6.07, 6.45) is 12.8. The van der Waals surface area contributed by atoms with Crippen LogP contribution in [0.25, 0.3) is 33.4 Å². The van der Waals surface area contributed by atoms with Crippen LogP contribution in [0.15, 0.2) is 97.2 Å². The van der Waals surface area contributed by atoms with E-state index in [1.807, 2.05) is 0 Å². The van der Waals surface area contributed by atoms with Crippen LogP contribution in [0.5, 0.6) is 0 Å². The molecule has 0 aliphatic heterocycles. The van der Waals surface area contributed by atoms with E-state index in [1.54, 1.807) is 77.9 Å². The molecule has 3 aromatic rings. The Bertz CT molecular complexity index is 2570. The van der Waals surface area contributed by atoms with Gasteiger partial charge in [0, 0.05) is 33.4 Å². The van der Waals surface area contributed by atoms with Crippen LogP contribution in [0.4, 0.5) is 0 Å². The van der Waals surface area contributed by atoms with Crippen molar-refractivity contribution in [3.8, 4) is 0 Å². The Balaban J connectivity index is 1.15. The SMILES string of the molecule is Cc1cc(C2=CC(=O)C(c3cc(C)c(C4=CC(=O)C(c5cc(C)c(C6=CC(=O)C=CC6=O)cc5C)=CC4=O)cc3C)=CC2=O)c(C)cc1C1=CC(=O)C=CC1=O. The number of carbonyl (C=O) groups excluding carboxylic acids is 8. The maximum atomic E-state index is 13.7. The van der Waals surface area contributed by atoms with Crippen LogP contribution in [-0.2, 0) is 38.4 Å². The first-order valence-electron chi connectivity index (χ1n) is 17.9. The van der Waals surface area contributed by atoms with E-state index in [-0.39, 0.29) is 79.7 Å². The number of allylic oxidation sites excluding steroid dienone is 16. The number of hydrogen-bond acceptors (Lipinski definition) is 8. The summed E-state index contributed by atoms with van der Waals surface area (Å²) in [4.78, 5) is 104. The molecule has 4 aliphatic rings. The van der Waals surface area contributed by atoms with Crippen LogP contribution in [0.2, 0.25) is 0 Å². The van der Waals surface area contributed by atoms with Crippen molar-refractivity contribution in [2.45, 2.75) is 41.5 Å². The average Bonchev–Trinajstić information content (AvgIpc) is 3.14. The van der Waals surface area contributed by atoms with Gasteiger partial charge < -0.3 is 0 Å². The highest BCUT2D eigenvalue weighted by atomic mass is 16.2. The van der Waals surface area contributed by atoms with Crippen molar-refractivity contribution in [2.75, 3.05) is 0 Å². The molecular formula is C48H34O8. The van der Waals surface area contributed by atoms with Crippen LogP contribution >= 0.6 is 0 Å². The van der Waals surface area contributed by atoms with Crippen LogP contribution < -0.4 is 0 Å². The van der Waals surface area contributed by atoms with E-state index in [0.717, 1.165) is 0 Å². The summed E-state index contributed by atoms with van der Waals surface area (Å²) in [5.74, 6) is -2.66. The van der Waals surface area contributed by atoms with Gasteiger partial charge in [-0.1, -0.05) is 36.4 Å². The van der Waals surface area contributed by atoms with Crippen molar-refractivity contribution in [2.24, 2.45) is 0 Å². The van der Waals surface area contributed by atoms with E-state index >= 15 is 0 Å². The molecule has 0 radical (unpaired) electrons. The van der Waals surface area contributed by atoms with E-state index in [9.17, 15) is 38.4 Å². The molecule has 0 amide bonds. The Morgan fingerprint density at radius 2 is 0.446 bits per heavy atom. The molecule has 0 fully saturated rings. The number of rotatable bonds is 6. The Kier molecular flexibility index (Phi) is 9.30. The summed E-state index contributed by atoms with van der Waals surface area (Å²) >= 11 is 0. The molecule has 0 spiro atoms. The molecule has 0 atom stereocenters. The van der Waals surface area contributed by atoms with Gasteiger partial charge in [-0.25, -0.2) is 0 Å². The number of carbonyl (C=O) groups is 8. The lowest BCUT2D eigenvalue weighted by Crippen LogP contribution is -2.15. The molecular weight excluding hydrogens is 705 g/mol. The van der Waals surface area contributed by atoms with Gasteiger partial charge in [-0.3, -0.25) is 38.4 Å². The lowest BCUT2D eigenvalue weighted by molar-refractivity contribution is -0.113. The van der Waals surface area contributed by atoms with Gasteiger partial charge in [0.25, 0.3) is 0 Å². The van der Waals surface area contributed by atoms with Crippen LogP contribution in [0, 0.1) is 41.5 Å². The normalized spacial score (nSPS) is 17.2. The molecule has 0 saturated heterocycles. The average molecular weight is 739 g/mol. The largest absolute Gasteiger partial charge is 0.290 e. The summed E-state index contributed by atoms with van der Waals surface area (Å²) < 4.78 is 0. The Morgan fingerprint density at radius 3 is 0.661 bits per heavy atom. The van der Waals surface area contributed by atoms with Crippen molar-refractivity contribution in [3.63, 3.8) is 0 Å². The fraction of sp³-hybridized carbons (Fsp3) is 0.125. The molecule has 0 heterocycles. The summed E-state index contributed by atoms with van der Waals surface area (Å²) in [5.41, 5.74) is 8.54. The third-order valence-corrected chi connectivity index (χ3v) is 10.5. The number of aryl methyl sites for hydroxylation is 6. The van der Waals surface area contributed by atoms with Crippen LogP contribution in [0.1, 0.15) is 66.8 Å². The predicted octanol–water partition coefficient (Wildman–Crippen LogP) is 6.96. The third-order valence-electron chi connectivity index (χ3n) is 10.5. The Hall–Kier alpha value is -7.06. The Labute approximate surface area is 322 Å². The topological polar surface area (TPSA) is 137 Å². The van der Waals surface area contributed by atoms with Gasteiger partial charge in [-0.2, -0.15) is 0 Å². The highest BCUT2D eigenvalue weighted by molar-refractivity contribution is 6.45. The van der Waals surface area contributed by atoms with Crippen LogP contribution in [0.3, 0.4) is 0 Å². The third kappa shape index (κ3) is 6.55. The summed E-state index contributed by atoms with van der Waals surface area (Å²) in [5, 5.41) is 0. The smallest absolute Gasteiger partial charge is 0.187 e. The maximum Gasteiger partial charge on any atom is 0.187 e. The minimum atomic E-state index is -0.378. The predicted molar refractivity (Wildman–Crippen MR) is 214 cm³/mol. The van der Waals surface area contributed by atoms with E-state index in [0.29, 0.717) is 66.8 Å². The molecule has 8 heteroatoms. The van der Waals surface area contributed by atoms with Gasteiger partial charge >= 0.3 is 0 Å². The first kappa shape index (κ1) is 37.3. The number of hydrogen-bond donors (Lipinski definition) is 0. The van der Waals surface area contributed by atoms with Gasteiger partial charge in [0.15, 0.2) is 46.3 Å². The minimum absolute atomic E-state index is 0.197. The van der Waals surface area contributed by atoms with E-state index < -0.39 is 0 Å². The summed E-state index contributed by atoms with van der Waals surface area (Å²) in [6.45, 7) is 10.6. The fourth-order valence-corrected chi connectivity index (χ4v) is 7.59. The molecule has 0 aromatic heterocycles. The second kappa shape index (κ2) is 14.0. The molecule has 0 unspecified atom stereocenters. The first-order chi connectivity index (χ1) is 26.5. The van der Waals surface area contributed by atoms with Crippen molar-refractivity contribution in [3.05, 3.63) is 164 Å². The molecule has 56 heavy (non-hydrogen) atoms. The van der Waals surface area contributed by atoms with Gasteiger partial charge in [0.1, 0.15) is 0 Å². The van der Waals surface area contributed by atoms with Crippen molar-refractivity contribution >= 4 is 79.7 Å². The zero-order chi connectivity index (χ0) is 40.3. The second-order valence-corrected chi connectivity index (χ2v) is 14.5. The molecule has 4 aliphatic carbocycles. The van der Waals surface area contributed by atoms with Crippen molar-refractivity contribution < 1.29 is 38.4 Å². The monoisotopic (exact) mass is 738 g/mol. The highest BCUT2D eigenvalue weighted by Crippen LogP contribution is 2.37. The van der Waals surface area contributed by atoms with E-state index in [1.165, 1.54) is 60.8 Å². The zero-order valence-electron chi connectivity index (χ0n) is 31.5. The van der Waals surface area contributed by atoms with Crippen LogP contribution in [-0.4, -0.2) is 46.3 Å². The lowest BCUT2D eigenvalue weighted by atomic mass is 9.81. The maximum absolute atomic E-state index is 13.7. The standard InChI is InChI=1S/C48H34O8/c1-23-13-33(25(3)11-31(23)37-17-29(49)7-9-43(37)51)39-19-47(55)41(21-45(39)53)35-15-28(6)36(16-27(35)5)42-22-46(54)40(20-48(42)56)34-14-24(2)32(12-26(34)4)38-18-30(50)8-10-44(38)52/h7-22H,1-6H3. The van der Waals surface area contributed by atoms with Gasteiger partial charge in [-0.15, -0.1) is 0 Å². The van der Waals surface area contributed by atoms with E-state index in [2.05, 4.69) is 0 Å². The molecule has 8 nitrogen and oxygen atoms in total. The lowest BCUT2D eigenvalue weighted by Gasteiger charge is -2.20. The molecule has 274 valence electrons. The summed E-state index contributed by atoms with van der Waals surface area (Å²) in [6, 6.07) is 10.4. The number of benzene rings is 3. The summed E-state index contributed by atoms with van der Waals surface area (Å²) in [7, 11) is 0. The van der Waals surface area contributed by atoms with Crippen molar-refractivity contribution in [1.29, 1.82) is 0 Å².